The van der Waals surface area contributed by atoms with Crippen molar-refractivity contribution >= 4 is 67.6 Å². The van der Waals surface area contributed by atoms with Crippen LogP contribution in [-0.2, 0) is 24.0 Å². The predicted octanol–water partition coefficient (Wildman–Crippen LogP) is -25.9. The van der Waals surface area contributed by atoms with E-state index in [0.717, 1.165) is 0 Å². The van der Waals surface area contributed by atoms with Crippen LogP contribution in [0.2, 0.25) is 0 Å². The standard InChI is InChI=1S/C6H8O7.2C6H12O7.Ca.3Na.2H2O/c7-3(8)1-6(13,5(11)12)2-4(9)10;2*7-1-2(8)3(9)4(10)5(11)6(12)13;;;;;;/h13H,1-2H2,(H,7,8)(H,9,10)(H,11,12);2*2-5,7-11H,1H2,(H,12,13);;;;;2*1H2/q;;;+2;3*+1;;/p-5/t;2*2-,3-,4+,5-;;;;;;/m.11....../s1. The largest absolute Gasteiger partial charge is 2.00 e. The summed E-state index contributed by atoms with van der Waals surface area (Å²) >= 11 is 0. The number of carbonyl (C=O) groups excluding carboxylic acids is 5. The van der Waals surface area contributed by atoms with Gasteiger partial charge < -0.3 is 117 Å². The third-order valence-electron chi connectivity index (χ3n) is 4.25. The summed E-state index contributed by atoms with van der Waals surface area (Å²) < 4.78 is 0. The number of aliphatic hydroxyl groups is 11. The number of hydrogen-bond acceptors (Lipinski definition) is 21. The Morgan fingerprint density at radius 3 is 0.889 bits per heavy atom. The maximum absolute atomic E-state index is 10.1. The van der Waals surface area contributed by atoms with E-state index >= 15 is 0 Å². The van der Waals surface area contributed by atoms with E-state index in [9.17, 15) is 49.5 Å². The van der Waals surface area contributed by atoms with Crippen molar-refractivity contribution in [1.29, 1.82) is 0 Å². The fraction of sp³-hybridized carbons (Fsp3) is 0.722. The summed E-state index contributed by atoms with van der Waals surface area (Å²) in [7, 11) is 0. The van der Waals surface area contributed by atoms with Gasteiger partial charge in [0.05, 0.1) is 31.1 Å². The molecular weight excluding hydrogens is 693 g/mol. The van der Waals surface area contributed by atoms with Crippen molar-refractivity contribution in [3.8, 4) is 0 Å². The summed E-state index contributed by atoms with van der Waals surface area (Å²) in [5.41, 5.74) is -2.97. The molecule has 0 aliphatic heterocycles. The Kier molecular flexibility index (Phi) is 52.9. The van der Waals surface area contributed by atoms with Crippen LogP contribution in [0.25, 0.3) is 0 Å². The van der Waals surface area contributed by atoms with Crippen molar-refractivity contribution < 1.29 is 205 Å². The van der Waals surface area contributed by atoms with Crippen molar-refractivity contribution in [2.45, 2.75) is 67.3 Å². The predicted molar refractivity (Wildman–Crippen MR) is 114 cm³/mol. The van der Waals surface area contributed by atoms with Gasteiger partial charge in [-0.25, -0.2) is 0 Å². The average Bonchev–Trinajstić information content (AvgIpc) is 2.84. The number of carboxylic acids is 5. The van der Waals surface area contributed by atoms with Gasteiger partial charge >= 0.3 is 126 Å². The quantitative estimate of drug-likeness (QED) is 0.0698. The fourth-order valence-corrected chi connectivity index (χ4v) is 2.01. The van der Waals surface area contributed by atoms with Crippen LogP contribution in [0.3, 0.4) is 0 Å². The van der Waals surface area contributed by atoms with Gasteiger partial charge in [0, 0.05) is 24.8 Å². The summed E-state index contributed by atoms with van der Waals surface area (Å²) in [5, 5.41) is 146. The Bertz CT molecular complexity index is 755. The number of carbonyl (C=O) groups is 5. The molecule has 8 atom stereocenters. The maximum Gasteiger partial charge on any atom is 2.00 e. The van der Waals surface area contributed by atoms with Crippen LogP contribution in [0.5, 0.6) is 0 Å². The van der Waals surface area contributed by atoms with Crippen molar-refractivity contribution in [3.05, 3.63) is 0 Å². The molecule has 0 aliphatic rings. The Labute approximate surface area is 349 Å². The summed E-state index contributed by atoms with van der Waals surface area (Å²) in [5.74, 6) is -9.94. The van der Waals surface area contributed by atoms with Gasteiger partial charge in [0.25, 0.3) is 0 Å². The van der Waals surface area contributed by atoms with Gasteiger partial charge in [-0.15, -0.1) is 0 Å². The molecule has 0 saturated heterocycles. The van der Waals surface area contributed by atoms with E-state index < -0.39 is 110 Å². The molecule has 15 N–H and O–H groups in total. The molecule has 0 amide bonds. The molecule has 0 radical (unpaired) electrons. The first-order valence-corrected chi connectivity index (χ1v) is 10.0. The molecule has 0 fully saturated rings. The van der Waals surface area contributed by atoms with Gasteiger partial charge in [0.1, 0.15) is 54.4 Å². The molecule has 45 heavy (non-hydrogen) atoms. The van der Waals surface area contributed by atoms with Gasteiger partial charge in [-0.05, 0) is 0 Å². The number of carboxylic acid groups (broad SMARTS) is 5. The number of hydrogen-bond donors (Lipinski definition) is 11. The molecule has 0 heterocycles. The van der Waals surface area contributed by atoms with Crippen LogP contribution in [0.1, 0.15) is 12.8 Å². The fourth-order valence-electron chi connectivity index (χ4n) is 2.01. The van der Waals surface area contributed by atoms with Crippen LogP contribution < -0.4 is 114 Å². The zero-order chi connectivity index (χ0) is 31.8. The zero-order valence-electron chi connectivity index (χ0n) is 24.2. The van der Waals surface area contributed by atoms with Crippen molar-refractivity contribution in [3.63, 3.8) is 0 Å². The van der Waals surface area contributed by atoms with E-state index in [4.69, 9.17) is 56.2 Å². The smallest absolute Gasteiger partial charge is 0.550 e. The van der Waals surface area contributed by atoms with Crippen molar-refractivity contribution in [2.24, 2.45) is 0 Å². The summed E-state index contributed by atoms with van der Waals surface area (Å²) in [6, 6.07) is 0. The first kappa shape index (κ1) is 68.1. The number of rotatable bonds is 15. The molecule has 0 aromatic rings. The Balaban J connectivity index is -0.0000000579. The van der Waals surface area contributed by atoms with E-state index in [-0.39, 0.29) is 137 Å². The molecule has 246 valence electrons. The Morgan fingerprint density at radius 2 is 0.756 bits per heavy atom. The van der Waals surface area contributed by atoms with Crippen molar-refractivity contribution in [2.75, 3.05) is 13.2 Å². The van der Waals surface area contributed by atoms with E-state index in [1.165, 1.54) is 0 Å². The Morgan fingerprint density at radius 1 is 0.533 bits per heavy atom. The molecule has 27 heteroatoms. The molecule has 0 saturated carbocycles. The molecule has 0 bridgehead atoms. The van der Waals surface area contributed by atoms with Gasteiger partial charge in [-0.3, -0.25) is 0 Å². The second kappa shape index (κ2) is 34.9. The minimum Gasteiger partial charge on any atom is -0.550 e. The summed E-state index contributed by atoms with van der Waals surface area (Å²) in [6.07, 6.45) is -18.9. The maximum atomic E-state index is 10.1. The molecular formula is C18H31CaNa3O23. The van der Waals surface area contributed by atoms with E-state index in [1.54, 1.807) is 0 Å². The van der Waals surface area contributed by atoms with Gasteiger partial charge in [-0.1, -0.05) is 0 Å². The molecule has 23 nitrogen and oxygen atoms in total. The summed E-state index contributed by atoms with van der Waals surface area (Å²) in [6.45, 7) is -1.73. The van der Waals surface area contributed by atoms with Gasteiger partial charge in [0.2, 0.25) is 0 Å². The van der Waals surface area contributed by atoms with Crippen LogP contribution in [-0.4, -0.2) is 202 Å². The van der Waals surface area contributed by atoms with Crippen LogP contribution >= 0.6 is 0 Å². The minimum atomic E-state index is -2.97. The number of aliphatic carboxylic acids is 5. The first-order chi connectivity index (χ1) is 17.6. The zero-order valence-corrected chi connectivity index (χ0v) is 32.4. The molecule has 0 aromatic heterocycles. The second-order valence-electron chi connectivity index (χ2n) is 7.41. The third-order valence-corrected chi connectivity index (χ3v) is 4.25. The van der Waals surface area contributed by atoms with Gasteiger partial charge in [-0.2, -0.15) is 0 Å². The minimum absolute atomic E-state index is 0. The Hall–Kier alpha value is 1.09. The van der Waals surface area contributed by atoms with Crippen molar-refractivity contribution in [1.82, 2.24) is 0 Å². The monoisotopic (exact) mass is 724 g/mol. The van der Waals surface area contributed by atoms with Crippen LogP contribution in [0, 0.1) is 0 Å². The average molecular weight is 724 g/mol. The molecule has 0 aromatic carbocycles. The SMILES string of the molecule is O.O.O=C([O-])CC(O)(CC(=O)[O-])C(=O)[O-].O=C([O-])[C@H](O)[C@@H](O)[C@H](O)[C@H](O)CO.O=C([O-])[C@H](O)[C@@H](O)[C@H](O)[C@H](O)CO.[Ca+2].[Na+].[Na+].[Na+]. The van der Waals surface area contributed by atoms with Gasteiger partial charge in [0.15, 0.2) is 0 Å². The third kappa shape index (κ3) is 29.7. The van der Waals surface area contributed by atoms with E-state index in [1.807, 2.05) is 0 Å². The summed E-state index contributed by atoms with van der Waals surface area (Å²) in [4.78, 5) is 50.0. The van der Waals surface area contributed by atoms with Crippen LogP contribution in [0.15, 0.2) is 0 Å². The molecule has 0 spiro atoms. The second-order valence-corrected chi connectivity index (χ2v) is 7.41. The molecule has 0 unspecified atom stereocenters. The molecule has 0 aliphatic carbocycles. The van der Waals surface area contributed by atoms with E-state index in [2.05, 4.69) is 0 Å². The van der Waals surface area contributed by atoms with E-state index in [0.29, 0.717) is 0 Å². The molecule has 0 rings (SSSR count). The normalized spacial score (nSPS) is 14.9. The number of aliphatic hydroxyl groups excluding tert-OH is 10. The topological polar surface area (TPSA) is 486 Å². The first-order valence-electron chi connectivity index (χ1n) is 10.0. The van der Waals surface area contributed by atoms with Crippen LogP contribution in [0.4, 0.5) is 0 Å².